The summed E-state index contributed by atoms with van der Waals surface area (Å²) in [5, 5.41) is 16.1. The normalized spacial score (nSPS) is 37.6. The van der Waals surface area contributed by atoms with Crippen LogP contribution < -0.4 is 10.6 Å². The van der Waals surface area contributed by atoms with Gasteiger partial charge < -0.3 is 25.4 Å². The highest BCUT2D eigenvalue weighted by molar-refractivity contribution is 5.99. The third kappa shape index (κ3) is 3.54. The van der Waals surface area contributed by atoms with Crippen LogP contribution in [0.5, 0.6) is 0 Å². The largest absolute Gasteiger partial charge is 0.394 e. The number of fused-ring (bicyclic) bond motifs is 1. The van der Waals surface area contributed by atoms with Gasteiger partial charge in [-0.15, -0.1) is 0 Å². The van der Waals surface area contributed by atoms with Crippen LogP contribution in [-0.2, 0) is 19.1 Å². The van der Waals surface area contributed by atoms with Crippen molar-refractivity contribution in [2.45, 2.75) is 101 Å². The number of nitrogens with one attached hydrogen (secondary N) is 2. The first-order chi connectivity index (χ1) is 15.2. The molecule has 4 fully saturated rings. The molecule has 3 heterocycles. The molecule has 0 radical (unpaired) electrons. The predicted octanol–water partition coefficient (Wildman–Crippen LogP) is 1.35. The maximum Gasteiger partial charge on any atom is 0.246 e. The van der Waals surface area contributed by atoms with Crippen molar-refractivity contribution in [3.05, 3.63) is 0 Å². The molecule has 3 saturated heterocycles. The number of hydrogen-bond acceptors (Lipinski definition) is 5. The van der Waals surface area contributed by atoms with E-state index in [0.717, 1.165) is 25.7 Å². The van der Waals surface area contributed by atoms with Gasteiger partial charge in [-0.2, -0.15) is 0 Å². The minimum absolute atomic E-state index is 0.102. The molecule has 180 valence electrons. The fraction of sp³-hybridized carbons (Fsp3) is 0.875. The molecule has 3 aliphatic heterocycles. The summed E-state index contributed by atoms with van der Waals surface area (Å²) in [6.45, 7) is 5.75. The second kappa shape index (κ2) is 8.60. The van der Waals surface area contributed by atoms with Gasteiger partial charge in [-0.1, -0.05) is 33.1 Å². The van der Waals surface area contributed by atoms with Gasteiger partial charge in [0.15, 0.2) is 0 Å². The molecule has 8 nitrogen and oxygen atoms in total. The van der Waals surface area contributed by atoms with E-state index in [1.54, 1.807) is 11.9 Å². The first kappa shape index (κ1) is 23.5. The van der Waals surface area contributed by atoms with Crippen LogP contribution in [0.25, 0.3) is 0 Å². The molecule has 1 spiro atoms. The SMILES string of the molecule is CNC(=O)[C@H]1[C@H]2C(=O)N([C@@H](CO)CC(C)C)C(C(=O)NC3CCCCC3)C23CC[C@]1(C)O3. The molecule has 3 amide bonds. The highest BCUT2D eigenvalue weighted by atomic mass is 16.5. The molecule has 4 aliphatic rings. The van der Waals surface area contributed by atoms with E-state index in [9.17, 15) is 19.5 Å². The van der Waals surface area contributed by atoms with Crippen molar-refractivity contribution >= 4 is 17.7 Å². The third-order valence-corrected chi connectivity index (χ3v) is 8.29. The fourth-order valence-corrected chi connectivity index (χ4v) is 6.96. The van der Waals surface area contributed by atoms with Crippen LogP contribution in [0.15, 0.2) is 0 Å². The van der Waals surface area contributed by atoms with Crippen molar-refractivity contribution in [1.82, 2.24) is 15.5 Å². The highest BCUT2D eigenvalue weighted by Crippen LogP contribution is 2.63. The van der Waals surface area contributed by atoms with E-state index in [0.29, 0.717) is 19.3 Å². The van der Waals surface area contributed by atoms with Crippen molar-refractivity contribution in [2.75, 3.05) is 13.7 Å². The molecule has 1 saturated carbocycles. The first-order valence-electron chi connectivity index (χ1n) is 12.3. The lowest BCUT2D eigenvalue weighted by Crippen LogP contribution is -2.59. The zero-order chi connectivity index (χ0) is 23.3. The van der Waals surface area contributed by atoms with Crippen molar-refractivity contribution in [1.29, 1.82) is 0 Å². The van der Waals surface area contributed by atoms with E-state index in [1.807, 2.05) is 20.8 Å². The molecule has 32 heavy (non-hydrogen) atoms. The number of ether oxygens (including phenoxy) is 1. The van der Waals surface area contributed by atoms with Crippen LogP contribution in [0.1, 0.15) is 72.1 Å². The Morgan fingerprint density at radius 3 is 2.47 bits per heavy atom. The lowest BCUT2D eigenvalue weighted by Gasteiger charge is -2.38. The smallest absolute Gasteiger partial charge is 0.246 e. The number of carbonyl (C=O) groups excluding carboxylic acids is 3. The van der Waals surface area contributed by atoms with Gasteiger partial charge in [-0.3, -0.25) is 14.4 Å². The Balaban J connectivity index is 1.73. The Hall–Kier alpha value is -1.67. The van der Waals surface area contributed by atoms with Crippen molar-refractivity contribution < 1.29 is 24.2 Å². The number of nitrogens with zero attached hydrogens (tertiary/aromatic N) is 1. The minimum atomic E-state index is -1.02. The number of carbonyl (C=O) groups is 3. The molecule has 2 bridgehead atoms. The molecule has 4 rings (SSSR count). The van der Waals surface area contributed by atoms with Crippen LogP contribution in [0.2, 0.25) is 0 Å². The van der Waals surface area contributed by atoms with Gasteiger partial charge in [0.25, 0.3) is 0 Å². The molecular weight excluding hydrogens is 410 g/mol. The standard InChI is InChI=1S/C24H39N3O5/c1-14(2)12-16(13-28)27-19(21(30)26-15-8-6-5-7-9-15)24-11-10-23(3,32-24)17(20(29)25-4)18(24)22(27)31/h14-19,28H,5-13H2,1-4H3,(H,25,29)(H,26,30)/t16-,17-,18+,19?,23+,24?/m1/s1. The summed E-state index contributed by atoms with van der Waals surface area (Å²) < 4.78 is 6.56. The monoisotopic (exact) mass is 449 g/mol. The molecule has 6 atom stereocenters. The van der Waals surface area contributed by atoms with Crippen LogP contribution in [0.3, 0.4) is 0 Å². The molecule has 8 heteroatoms. The van der Waals surface area contributed by atoms with Crippen LogP contribution in [-0.4, -0.2) is 70.7 Å². The summed E-state index contributed by atoms with van der Waals surface area (Å²) >= 11 is 0. The molecule has 0 aromatic carbocycles. The number of aliphatic hydroxyl groups is 1. The summed E-state index contributed by atoms with van der Waals surface area (Å²) in [6, 6.07) is -1.20. The predicted molar refractivity (Wildman–Crippen MR) is 118 cm³/mol. The van der Waals surface area contributed by atoms with Crippen molar-refractivity contribution in [3.63, 3.8) is 0 Å². The summed E-state index contributed by atoms with van der Waals surface area (Å²) in [7, 11) is 1.57. The second-order valence-electron chi connectivity index (χ2n) is 10.9. The van der Waals surface area contributed by atoms with Crippen LogP contribution >= 0.6 is 0 Å². The molecule has 3 N–H and O–H groups in total. The van der Waals surface area contributed by atoms with Gasteiger partial charge in [0.2, 0.25) is 17.7 Å². The maximum absolute atomic E-state index is 13.9. The number of rotatable bonds is 7. The van der Waals surface area contributed by atoms with Gasteiger partial charge in [0.1, 0.15) is 11.6 Å². The van der Waals surface area contributed by atoms with E-state index in [-0.39, 0.29) is 36.3 Å². The first-order valence-corrected chi connectivity index (χ1v) is 12.3. The third-order valence-electron chi connectivity index (χ3n) is 8.29. The lowest BCUT2D eigenvalue weighted by molar-refractivity contribution is -0.150. The summed E-state index contributed by atoms with van der Waals surface area (Å²) in [5.41, 5.74) is -1.78. The van der Waals surface area contributed by atoms with Gasteiger partial charge in [0.05, 0.1) is 30.1 Å². The lowest BCUT2D eigenvalue weighted by atomic mass is 9.66. The Morgan fingerprint density at radius 2 is 1.88 bits per heavy atom. The Kier molecular flexibility index (Phi) is 6.31. The van der Waals surface area contributed by atoms with Gasteiger partial charge in [-0.25, -0.2) is 0 Å². The number of likely N-dealkylation sites (tertiary alicyclic amines) is 1. The topological polar surface area (TPSA) is 108 Å². The Bertz CT molecular complexity index is 767. The van der Waals surface area contributed by atoms with E-state index in [2.05, 4.69) is 10.6 Å². The molecule has 0 aromatic heterocycles. The van der Waals surface area contributed by atoms with Crippen molar-refractivity contribution in [2.24, 2.45) is 17.8 Å². The maximum atomic E-state index is 13.9. The number of amides is 3. The van der Waals surface area contributed by atoms with E-state index in [1.165, 1.54) is 6.42 Å². The average Bonchev–Trinajstić information content (AvgIpc) is 3.33. The van der Waals surface area contributed by atoms with Gasteiger partial charge >= 0.3 is 0 Å². The van der Waals surface area contributed by atoms with E-state index in [4.69, 9.17) is 4.74 Å². The Labute approximate surface area is 190 Å². The second-order valence-corrected chi connectivity index (χ2v) is 10.9. The number of aliphatic hydroxyl groups excluding tert-OH is 1. The van der Waals surface area contributed by atoms with Crippen LogP contribution in [0.4, 0.5) is 0 Å². The van der Waals surface area contributed by atoms with E-state index < -0.39 is 35.1 Å². The molecule has 2 unspecified atom stereocenters. The van der Waals surface area contributed by atoms with Gasteiger partial charge in [0, 0.05) is 13.1 Å². The molecule has 1 aliphatic carbocycles. The zero-order valence-electron chi connectivity index (χ0n) is 19.9. The quantitative estimate of drug-likeness (QED) is 0.544. The summed E-state index contributed by atoms with van der Waals surface area (Å²) in [6.07, 6.45) is 7.02. The van der Waals surface area contributed by atoms with Crippen LogP contribution in [0, 0.1) is 17.8 Å². The summed E-state index contributed by atoms with van der Waals surface area (Å²) in [4.78, 5) is 42.2. The molecular formula is C24H39N3O5. The van der Waals surface area contributed by atoms with Gasteiger partial charge in [-0.05, 0) is 44.9 Å². The molecule has 0 aromatic rings. The minimum Gasteiger partial charge on any atom is -0.394 e. The van der Waals surface area contributed by atoms with E-state index >= 15 is 0 Å². The average molecular weight is 450 g/mol. The Morgan fingerprint density at radius 1 is 1.19 bits per heavy atom. The zero-order valence-corrected chi connectivity index (χ0v) is 19.9. The number of hydrogen-bond donors (Lipinski definition) is 3. The summed E-state index contributed by atoms with van der Waals surface area (Å²) in [5.74, 6) is -1.75. The highest BCUT2D eigenvalue weighted by Gasteiger charge is 2.78. The van der Waals surface area contributed by atoms with Crippen molar-refractivity contribution in [3.8, 4) is 0 Å². The fourth-order valence-electron chi connectivity index (χ4n) is 6.96.